The Morgan fingerprint density at radius 3 is 2.92 bits per heavy atom. The normalized spacial score (nSPS) is 11.1. The van der Waals surface area contributed by atoms with Crippen molar-refractivity contribution >= 4 is 44.0 Å². The first-order valence-corrected chi connectivity index (χ1v) is 9.52. The zero-order chi connectivity index (χ0) is 16.9. The van der Waals surface area contributed by atoms with Gasteiger partial charge in [-0.2, -0.15) is 0 Å². The second-order valence-electron chi connectivity index (χ2n) is 5.80. The molecule has 3 rings (SSSR count). The lowest BCUT2D eigenvalue weighted by atomic mass is 10.1. The summed E-state index contributed by atoms with van der Waals surface area (Å²) in [5, 5.41) is 6.49. The van der Waals surface area contributed by atoms with E-state index in [9.17, 15) is 4.79 Å². The third kappa shape index (κ3) is 4.30. The summed E-state index contributed by atoms with van der Waals surface area (Å²) in [5.41, 5.74) is 1.27. The molecule has 126 valence electrons. The number of aromatic nitrogens is 2. The summed E-state index contributed by atoms with van der Waals surface area (Å²) in [7, 11) is 0. The monoisotopic (exact) mass is 361 g/mol. The van der Waals surface area contributed by atoms with E-state index < -0.39 is 5.97 Å². The van der Waals surface area contributed by atoms with Crippen LogP contribution in [0, 0.1) is 5.92 Å². The summed E-state index contributed by atoms with van der Waals surface area (Å²) in [6, 6.07) is 7.88. The number of carbonyl (C=O) groups is 1. The molecule has 5 nitrogen and oxygen atoms in total. The van der Waals surface area contributed by atoms with E-state index in [0.29, 0.717) is 11.6 Å². The first-order valence-electron chi connectivity index (χ1n) is 7.83. The van der Waals surface area contributed by atoms with Gasteiger partial charge in [-0.1, -0.05) is 26.0 Å². The molecule has 0 unspecified atom stereocenters. The van der Waals surface area contributed by atoms with Crippen molar-refractivity contribution in [2.24, 2.45) is 5.92 Å². The lowest BCUT2D eigenvalue weighted by Crippen LogP contribution is -2.07. The third-order valence-electron chi connectivity index (χ3n) is 3.38. The summed E-state index contributed by atoms with van der Waals surface area (Å²) in [6.07, 6.45) is 1.07. The Morgan fingerprint density at radius 1 is 1.29 bits per heavy atom. The molecular formula is C17H19N3O2S2. The Morgan fingerprint density at radius 2 is 2.12 bits per heavy atom. The van der Waals surface area contributed by atoms with Crippen molar-refractivity contribution in [2.75, 3.05) is 11.9 Å². The Bertz CT molecular complexity index is 793. The van der Waals surface area contributed by atoms with Crippen LogP contribution in [-0.4, -0.2) is 22.5 Å². The molecule has 0 saturated carbocycles. The molecule has 0 aliphatic rings. The number of esters is 1. The molecule has 0 fully saturated rings. The molecule has 2 aromatic heterocycles. The quantitative estimate of drug-likeness (QED) is 0.625. The smallest absolute Gasteiger partial charge is 0.358 e. The maximum absolute atomic E-state index is 12.1. The number of benzene rings is 1. The van der Waals surface area contributed by atoms with Gasteiger partial charge in [0.15, 0.2) is 10.8 Å². The minimum atomic E-state index is -0.414. The molecule has 0 atom stereocenters. The van der Waals surface area contributed by atoms with Crippen LogP contribution in [-0.2, 0) is 11.3 Å². The van der Waals surface area contributed by atoms with Gasteiger partial charge in [-0.15, -0.1) is 22.7 Å². The molecule has 7 heteroatoms. The lowest BCUT2D eigenvalue weighted by Gasteiger charge is -2.04. The molecular weight excluding hydrogens is 342 g/mol. The zero-order valence-electron chi connectivity index (χ0n) is 13.6. The van der Waals surface area contributed by atoms with Gasteiger partial charge in [-0.25, -0.2) is 14.8 Å². The van der Waals surface area contributed by atoms with Crippen molar-refractivity contribution in [3.8, 4) is 0 Å². The number of rotatable bonds is 7. The predicted molar refractivity (Wildman–Crippen MR) is 98.8 cm³/mol. The summed E-state index contributed by atoms with van der Waals surface area (Å²) in [5.74, 6) is 0.220. The fourth-order valence-electron chi connectivity index (χ4n) is 2.10. The van der Waals surface area contributed by atoms with E-state index >= 15 is 0 Å². The minimum absolute atomic E-state index is 0.172. The van der Waals surface area contributed by atoms with Gasteiger partial charge in [0.25, 0.3) is 0 Å². The van der Waals surface area contributed by atoms with Crippen LogP contribution < -0.4 is 5.32 Å². The fourth-order valence-corrected chi connectivity index (χ4v) is 3.69. The maximum atomic E-state index is 12.1. The van der Waals surface area contributed by atoms with E-state index in [2.05, 4.69) is 29.1 Å². The van der Waals surface area contributed by atoms with Gasteiger partial charge in [0.1, 0.15) is 11.6 Å². The van der Waals surface area contributed by atoms with Crippen molar-refractivity contribution in [3.05, 3.63) is 40.3 Å². The average Bonchev–Trinajstić information content (AvgIpc) is 3.18. The number of nitrogens with one attached hydrogen (secondary N) is 1. The van der Waals surface area contributed by atoms with E-state index in [4.69, 9.17) is 4.74 Å². The Hall–Kier alpha value is -1.99. The Balaban J connectivity index is 1.54. The number of thiazole rings is 2. The van der Waals surface area contributed by atoms with Crippen LogP contribution in [0.4, 0.5) is 5.13 Å². The fraction of sp³-hybridized carbons (Fsp3) is 0.353. The molecule has 0 amide bonds. The highest BCUT2D eigenvalue weighted by atomic mass is 32.1. The highest BCUT2D eigenvalue weighted by Crippen LogP contribution is 2.22. The number of para-hydroxylation sites is 1. The van der Waals surface area contributed by atoms with Crippen LogP contribution >= 0.6 is 22.7 Å². The van der Waals surface area contributed by atoms with Crippen molar-refractivity contribution in [1.82, 2.24) is 9.97 Å². The van der Waals surface area contributed by atoms with Crippen molar-refractivity contribution in [3.63, 3.8) is 0 Å². The first-order chi connectivity index (χ1) is 11.6. The van der Waals surface area contributed by atoms with Gasteiger partial charge in [0.2, 0.25) is 0 Å². The van der Waals surface area contributed by atoms with Gasteiger partial charge in [0.05, 0.1) is 10.2 Å². The summed E-state index contributed by atoms with van der Waals surface area (Å²) < 4.78 is 6.42. The number of carbonyl (C=O) groups excluding carboxylic acids is 1. The number of nitrogens with zero attached hydrogens (tertiary/aromatic N) is 2. The van der Waals surface area contributed by atoms with Crippen molar-refractivity contribution in [1.29, 1.82) is 0 Å². The molecule has 24 heavy (non-hydrogen) atoms. The molecule has 0 aliphatic carbocycles. The average molecular weight is 361 g/mol. The summed E-state index contributed by atoms with van der Waals surface area (Å²) in [4.78, 5) is 20.8. The standard InChI is InChI=1S/C17H19N3O2S2/c1-11(2)7-8-18-17-20-13(10-23-17)16(21)22-9-15-19-12-5-3-4-6-14(12)24-15/h3-6,10-11H,7-9H2,1-2H3,(H,18,20). The molecule has 0 aliphatic heterocycles. The molecule has 0 bridgehead atoms. The zero-order valence-corrected chi connectivity index (χ0v) is 15.2. The largest absolute Gasteiger partial charge is 0.454 e. The van der Waals surface area contributed by atoms with Crippen LogP contribution in [0.3, 0.4) is 0 Å². The number of ether oxygens (including phenoxy) is 1. The second-order valence-corrected chi connectivity index (χ2v) is 7.77. The first kappa shape index (κ1) is 16.9. The number of hydrogen-bond donors (Lipinski definition) is 1. The molecule has 2 heterocycles. The Labute approximate surface area is 148 Å². The van der Waals surface area contributed by atoms with Crippen LogP contribution in [0.25, 0.3) is 10.2 Å². The molecule has 0 saturated heterocycles. The van der Waals surface area contributed by atoms with E-state index in [1.807, 2.05) is 24.3 Å². The highest BCUT2D eigenvalue weighted by Gasteiger charge is 2.13. The number of anilines is 1. The topological polar surface area (TPSA) is 64.1 Å². The third-order valence-corrected chi connectivity index (χ3v) is 5.19. The number of hydrogen-bond acceptors (Lipinski definition) is 7. The summed E-state index contributed by atoms with van der Waals surface area (Å²) in [6.45, 7) is 5.37. The molecule has 1 N–H and O–H groups in total. The Kier molecular flexibility index (Phi) is 5.42. The second kappa shape index (κ2) is 7.72. The highest BCUT2D eigenvalue weighted by molar-refractivity contribution is 7.18. The predicted octanol–water partition coefficient (Wildman–Crippen LogP) is 4.57. The van der Waals surface area contributed by atoms with Gasteiger partial charge >= 0.3 is 5.97 Å². The van der Waals surface area contributed by atoms with E-state index in [-0.39, 0.29) is 6.61 Å². The molecule has 0 radical (unpaired) electrons. The van der Waals surface area contributed by atoms with E-state index in [1.54, 1.807) is 5.38 Å². The minimum Gasteiger partial charge on any atom is -0.454 e. The van der Waals surface area contributed by atoms with E-state index in [1.165, 1.54) is 22.7 Å². The van der Waals surface area contributed by atoms with Crippen LogP contribution in [0.5, 0.6) is 0 Å². The number of fused-ring (bicyclic) bond motifs is 1. The summed E-state index contributed by atoms with van der Waals surface area (Å²) >= 11 is 2.95. The van der Waals surface area contributed by atoms with Gasteiger partial charge < -0.3 is 10.1 Å². The maximum Gasteiger partial charge on any atom is 0.358 e. The molecule has 3 aromatic rings. The van der Waals surface area contributed by atoms with Crippen LogP contribution in [0.15, 0.2) is 29.6 Å². The van der Waals surface area contributed by atoms with Gasteiger partial charge in [-0.3, -0.25) is 0 Å². The SMILES string of the molecule is CC(C)CCNc1nc(C(=O)OCc2nc3ccccc3s2)cs1. The van der Waals surface area contributed by atoms with Crippen LogP contribution in [0.2, 0.25) is 0 Å². The molecule has 1 aromatic carbocycles. The van der Waals surface area contributed by atoms with Crippen molar-refractivity contribution < 1.29 is 9.53 Å². The molecule has 0 spiro atoms. The van der Waals surface area contributed by atoms with Gasteiger partial charge in [0, 0.05) is 11.9 Å². The lowest BCUT2D eigenvalue weighted by molar-refractivity contribution is 0.0466. The van der Waals surface area contributed by atoms with E-state index in [0.717, 1.165) is 33.3 Å². The van der Waals surface area contributed by atoms with Crippen LogP contribution in [0.1, 0.15) is 35.8 Å². The van der Waals surface area contributed by atoms with Gasteiger partial charge in [-0.05, 0) is 24.5 Å². The van der Waals surface area contributed by atoms with Crippen molar-refractivity contribution in [2.45, 2.75) is 26.9 Å².